The van der Waals surface area contributed by atoms with Crippen molar-refractivity contribution in [3.8, 4) is 0 Å². The normalized spacial score (nSPS) is 23.7. The van der Waals surface area contributed by atoms with Crippen molar-refractivity contribution in [1.82, 2.24) is 0 Å². The molecule has 1 saturated heterocycles. The number of carbonyl (C=O) groups excluding carboxylic acids is 1. The van der Waals surface area contributed by atoms with Crippen molar-refractivity contribution in [3.05, 3.63) is 12.2 Å². The lowest BCUT2D eigenvalue weighted by molar-refractivity contribution is -0.877. The second kappa shape index (κ2) is 8.59. The highest BCUT2D eigenvalue weighted by Gasteiger charge is 2.92. The summed E-state index contributed by atoms with van der Waals surface area (Å²) < 4.78 is 175. The molecule has 0 N–H and O–H groups in total. The first-order valence-electron chi connectivity index (χ1n) is 9.53. The molecule has 0 aliphatic carbocycles. The molecule has 1 aliphatic rings. The zero-order valence-electron chi connectivity index (χ0n) is 17.3. The Morgan fingerprint density at radius 1 is 0.848 bits per heavy atom. The number of quaternary nitrogens is 1. The fourth-order valence-corrected chi connectivity index (χ4v) is 3.88. The largest absolute Gasteiger partial charge is 0.460 e. The van der Waals surface area contributed by atoms with Gasteiger partial charge in [0.25, 0.3) is 0 Å². The van der Waals surface area contributed by atoms with Crippen molar-refractivity contribution in [2.24, 2.45) is 0 Å². The van der Waals surface area contributed by atoms with Gasteiger partial charge in [0.2, 0.25) is 0 Å². The molecule has 1 aliphatic heterocycles. The van der Waals surface area contributed by atoms with Crippen LogP contribution in [0.1, 0.15) is 39.5 Å². The van der Waals surface area contributed by atoms with Crippen molar-refractivity contribution >= 4 is 5.91 Å². The molecule has 0 bridgehead atoms. The van der Waals surface area contributed by atoms with E-state index < -0.39 is 83.7 Å². The second-order valence-corrected chi connectivity index (χ2v) is 8.00. The lowest BCUT2D eigenvalue weighted by Gasteiger charge is -2.45. The molecule has 0 radical (unpaired) electrons. The van der Waals surface area contributed by atoms with Gasteiger partial charge < -0.3 is 0 Å². The van der Waals surface area contributed by atoms with Gasteiger partial charge in [-0.05, 0) is 13.3 Å². The molecule has 0 aromatic heterocycles. The third-order valence-corrected chi connectivity index (χ3v) is 5.69. The first kappa shape index (κ1) is 29.5. The van der Waals surface area contributed by atoms with Crippen LogP contribution in [-0.4, -0.2) is 65.3 Å². The van der Waals surface area contributed by atoms with Crippen LogP contribution in [0.3, 0.4) is 0 Å². The van der Waals surface area contributed by atoms with E-state index in [1.54, 1.807) is 0 Å². The highest BCUT2D eigenvalue weighted by molar-refractivity contribution is 5.86. The predicted octanol–water partition coefficient (Wildman–Crippen LogP) is 6.61. The Morgan fingerprint density at radius 3 is 1.70 bits per heavy atom. The van der Waals surface area contributed by atoms with Crippen LogP contribution in [-0.2, 0) is 4.79 Å². The maximum Gasteiger partial charge on any atom is 0.460 e. The smallest absolute Gasteiger partial charge is 0.249 e. The lowest BCUT2D eigenvalue weighted by atomic mass is 9.88. The highest BCUT2D eigenvalue weighted by Crippen LogP contribution is 2.62. The van der Waals surface area contributed by atoms with E-state index >= 15 is 0 Å². The van der Waals surface area contributed by atoms with Gasteiger partial charge in [0.05, 0.1) is 13.1 Å². The number of nitrogens with zero attached hydrogens (tertiary/aromatic N) is 1. The Hall–Kier alpha value is -1.54. The van der Waals surface area contributed by atoms with Crippen LogP contribution in [0.15, 0.2) is 12.2 Å². The summed E-state index contributed by atoms with van der Waals surface area (Å²) in [5, 5.41) is 0. The molecule has 2 nitrogen and oxygen atoms in total. The minimum atomic E-state index is -7.96. The zero-order chi connectivity index (χ0) is 26.5. The first-order valence-corrected chi connectivity index (χ1v) is 9.53. The summed E-state index contributed by atoms with van der Waals surface area (Å²) in [6.07, 6.45) is -8.89. The quantitative estimate of drug-likeness (QED) is 0.192. The van der Waals surface area contributed by atoms with Gasteiger partial charge in [-0.3, -0.25) is 0 Å². The summed E-state index contributed by atoms with van der Waals surface area (Å²) in [4.78, 5) is 12.6. The fourth-order valence-electron chi connectivity index (χ4n) is 3.88. The van der Waals surface area contributed by atoms with Crippen LogP contribution in [0, 0.1) is 0 Å². The Balaban J connectivity index is 3.69. The van der Waals surface area contributed by atoms with Gasteiger partial charge in [0.1, 0.15) is 0 Å². The number of carbonyl (C=O) groups is 1. The summed E-state index contributed by atoms with van der Waals surface area (Å²) >= 11 is 0. The molecule has 0 aromatic carbocycles. The molecular formula is C18H21F13NO+. The first-order chi connectivity index (χ1) is 14.5. The number of rotatable bonds is 9. The topological polar surface area (TPSA) is 17.1 Å². The molecule has 1 heterocycles. The molecule has 2 unspecified atom stereocenters. The molecule has 0 aromatic rings. The van der Waals surface area contributed by atoms with Crippen LogP contribution in [0.4, 0.5) is 57.1 Å². The molecule has 1 rings (SSSR count). The summed E-state index contributed by atoms with van der Waals surface area (Å²) in [5.74, 6) is -38.6. The zero-order valence-corrected chi connectivity index (χ0v) is 17.3. The number of amides is 1. The van der Waals surface area contributed by atoms with Gasteiger partial charge in [-0.2, -0.15) is 57.1 Å². The number of likely N-dealkylation sites (tertiary alicyclic amines) is 1. The third kappa shape index (κ3) is 4.11. The van der Waals surface area contributed by atoms with Crippen LogP contribution >= 0.6 is 0 Å². The summed E-state index contributed by atoms with van der Waals surface area (Å²) in [5.41, 5.74) is -0.460. The molecule has 0 saturated carbocycles. The van der Waals surface area contributed by atoms with E-state index in [1.807, 2.05) is 0 Å². The Labute approximate surface area is 180 Å². The molecule has 2 atom stereocenters. The number of unbranched alkanes of at least 4 members (excludes halogenated alkanes) is 1. The minimum absolute atomic E-state index is 0.0874. The number of halogens is 13. The molecule has 15 heteroatoms. The molecule has 194 valence electrons. The van der Waals surface area contributed by atoms with E-state index in [9.17, 15) is 61.9 Å². The number of alkyl halides is 13. The SMILES string of the molecule is C=C(C)C(=O)[N+]1(CCCC)CCCC1C(F)(F)C(F)(F)C(F)(F)C(F)(F)C(F)(F)C(F)(F)F. The van der Waals surface area contributed by atoms with Gasteiger partial charge in [-0.15, -0.1) is 0 Å². The Bertz CT molecular complexity index is 759. The van der Waals surface area contributed by atoms with Gasteiger partial charge in [0, 0.05) is 18.4 Å². The average molecular weight is 514 g/mol. The lowest BCUT2D eigenvalue weighted by Crippen LogP contribution is -2.74. The molecule has 0 spiro atoms. The van der Waals surface area contributed by atoms with Crippen molar-refractivity contribution in [1.29, 1.82) is 0 Å². The summed E-state index contributed by atoms with van der Waals surface area (Å²) in [7, 11) is 0. The van der Waals surface area contributed by atoms with Crippen LogP contribution in [0.5, 0.6) is 0 Å². The highest BCUT2D eigenvalue weighted by atomic mass is 19.4. The van der Waals surface area contributed by atoms with E-state index in [2.05, 4.69) is 6.58 Å². The minimum Gasteiger partial charge on any atom is -0.249 e. The van der Waals surface area contributed by atoms with Crippen molar-refractivity contribution in [2.45, 2.75) is 81.4 Å². The Morgan fingerprint density at radius 2 is 1.30 bits per heavy atom. The molecule has 1 fully saturated rings. The van der Waals surface area contributed by atoms with E-state index in [4.69, 9.17) is 0 Å². The molecule has 1 amide bonds. The molecular weight excluding hydrogens is 493 g/mol. The average Bonchev–Trinajstić information content (AvgIpc) is 3.09. The monoisotopic (exact) mass is 514 g/mol. The van der Waals surface area contributed by atoms with E-state index in [-0.39, 0.29) is 12.8 Å². The summed E-state index contributed by atoms with van der Waals surface area (Å²) in [6, 6.07) is -3.11. The van der Waals surface area contributed by atoms with Crippen molar-refractivity contribution in [3.63, 3.8) is 0 Å². The van der Waals surface area contributed by atoms with Crippen LogP contribution in [0.2, 0.25) is 0 Å². The van der Waals surface area contributed by atoms with Gasteiger partial charge in [0.15, 0.2) is 6.04 Å². The third-order valence-electron chi connectivity index (χ3n) is 5.69. The maximum absolute atomic E-state index is 14.9. The fraction of sp³-hybridized carbons (Fsp3) is 0.833. The summed E-state index contributed by atoms with van der Waals surface area (Å²) in [6.45, 7) is 4.44. The van der Waals surface area contributed by atoms with Gasteiger partial charge in [-0.1, -0.05) is 19.9 Å². The van der Waals surface area contributed by atoms with Crippen LogP contribution < -0.4 is 0 Å². The Kier molecular flexibility index (Phi) is 7.68. The maximum atomic E-state index is 14.9. The van der Waals surface area contributed by atoms with Gasteiger partial charge in [-0.25, -0.2) is 9.28 Å². The molecule has 33 heavy (non-hydrogen) atoms. The van der Waals surface area contributed by atoms with Gasteiger partial charge >= 0.3 is 41.7 Å². The van der Waals surface area contributed by atoms with E-state index in [0.717, 1.165) is 6.92 Å². The van der Waals surface area contributed by atoms with Crippen molar-refractivity contribution < 1.29 is 66.4 Å². The predicted molar refractivity (Wildman–Crippen MR) is 88.5 cm³/mol. The van der Waals surface area contributed by atoms with E-state index in [0.29, 0.717) is 0 Å². The van der Waals surface area contributed by atoms with E-state index in [1.165, 1.54) is 6.92 Å². The number of hydrogen-bond acceptors (Lipinski definition) is 1. The van der Waals surface area contributed by atoms with Crippen molar-refractivity contribution in [2.75, 3.05) is 13.1 Å². The number of hydrogen-bond donors (Lipinski definition) is 0. The second-order valence-electron chi connectivity index (χ2n) is 8.00. The van der Waals surface area contributed by atoms with Crippen LogP contribution in [0.25, 0.3) is 0 Å². The standard InChI is InChI=1S/C18H21F13NO/c1-4-5-8-32(12(33)10(2)3)9-6-7-11(32)13(19,20)14(21,22)15(23,24)16(25,26)17(27,28)18(29,30)31/h11H,2,4-9H2,1,3H3/q+1.